The van der Waals surface area contributed by atoms with Crippen molar-refractivity contribution < 1.29 is 0 Å². The maximum absolute atomic E-state index is 7.79. The Kier molecular flexibility index (Phi) is 4.39. The van der Waals surface area contributed by atoms with E-state index < -0.39 is 0 Å². The highest BCUT2D eigenvalue weighted by molar-refractivity contribution is 9.10. The topological polar surface area (TPSA) is 56.4 Å². The average Bonchev–Trinajstić information content (AvgIpc) is 2.37. The molecule has 0 saturated carbocycles. The molecule has 110 valence electrons. The van der Waals surface area contributed by atoms with E-state index in [1.54, 1.807) is 0 Å². The van der Waals surface area contributed by atoms with E-state index in [0.717, 1.165) is 41.9 Å². The van der Waals surface area contributed by atoms with Crippen molar-refractivity contribution in [3.63, 3.8) is 0 Å². The van der Waals surface area contributed by atoms with Crippen molar-refractivity contribution in [2.24, 2.45) is 5.73 Å². The second-order valence-corrected chi connectivity index (χ2v) is 7.05. The molecule has 0 unspecified atom stereocenters. The Labute approximate surface area is 129 Å². The number of hydrogen-bond acceptors (Lipinski definition) is 3. The van der Waals surface area contributed by atoms with Gasteiger partial charge in [-0.05, 0) is 48.8 Å². The Morgan fingerprint density at radius 1 is 1.20 bits per heavy atom. The van der Waals surface area contributed by atoms with Crippen molar-refractivity contribution in [2.45, 2.75) is 26.3 Å². The largest absolute Gasteiger partial charge is 0.384 e. The number of nitrogens with two attached hydrogens (primary N) is 1. The van der Waals surface area contributed by atoms with Gasteiger partial charge in [-0.2, -0.15) is 0 Å². The summed E-state index contributed by atoms with van der Waals surface area (Å²) in [5.41, 5.74) is 7.81. The van der Waals surface area contributed by atoms with Crippen molar-refractivity contribution >= 4 is 27.5 Å². The molecule has 1 aromatic carbocycles. The van der Waals surface area contributed by atoms with Gasteiger partial charge in [0.25, 0.3) is 0 Å². The second kappa shape index (κ2) is 5.74. The summed E-state index contributed by atoms with van der Waals surface area (Å²) >= 11 is 3.50. The third-order valence-corrected chi connectivity index (χ3v) is 4.49. The van der Waals surface area contributed by atoms with Crippen LogP contribution >= 0.6 is 15.9 Å². The Balaban J connectivity index is 2.19. The molecule has 1 aliphatic heterocycles. The van der Waals surface area contributed by atoms with Crippen LogP contribution in [-0.4, -0.2) is 42.5 Å². The van der Waals surface area contributed by atoms with E-state index in [1.807, 2.05) is 18.2 Å². The highest BCUT2D eigenvalue weighted by Gasteiger charge is 2.27. The second-order valence-electron chi connectivity index (χ2n) is 6.19. The van der Waals surface area contributed by atoms with Crippen LogP contribution in [0.5, 0.6) is 0 Å². The van der Waals surface area contributed by atoms with Crippen LogP contribution in [0.15, 0.2) is 22.7 Å². The lowest BCUT2D eigenvalue weighted by Crippen LogP contribution is -2.53. The standard InChI is InChI=1S/C15H23BrN4/c1-15(2,3)20-9-7-19(8-10-20)12-6-4-5-11(16)13(12)14(17)18/h4-6H,7-10H2,1-3H3,(H3,17,18). The number of rotatable bonds is 2. The summed E-state index contributed by atoms with van der Waals surface area (Å²) in [6.07, 6.45) is 0. The molecular weight excluding hydrogens is 316 g/mol. The quantitative estimate of drug-likeness (QED) is 0.643. The first-order valence-corrected chi connectivity index (χ1v) is 7.73. The molecule has 0 spiro atoms. The smallest absolute Gasteiger partial charge is 0.126 e. The van der Waals surface area contributed by atoms with E-state index in [0.29, 0.717) is 0 Å². The van der Waals surface area contributed by atoms with E-state index in [2.05, 4.69) is 46.5 Å². The van der Waals surface area contributed by atoms with Gasteiger partial charge in [0.05, 0.1) is 5.56 Å². The highest BCUT2D eigenvalue weighted by Crippen LogP contribution is 2.29. The van der Waals surface area contributed by atoms with Gasteiger partial charge in [0.15, 0.2) is 0 Å². The van der Waals surface area contributed by atoms with Crippen LogP contribution in [0.1, 0.15) is 26.3 Å². The van der Waals surface area contributed by atoms with Gasteiger partial charge in [0.2, 0.25) is 0 Å². The normalized spacial score (nSPS) is 17.3. The Bertz CT molecular complexity index is 499. The number of benzene rings is 1. The van der Waals surface area contributed by atoms with Gasteiger partial charge in [-0.15, -0.1) is 0 Å². The molecule has 1 saturated heterocycles. The molecule has 1 fully saturated rings. The number of hydrogen-bond donors (Lipinski definition) is 2. The van der Waals surface area contributed by atoms with Crippen molar-refractivity contribution in [2.75, 3.05) is 31.1 Å². The summed E-state index contributed by atoms with van der Waals surface area (Å²) in [5, 5.41) is 7.79. The molecule has 0 radical (unpaired) electrons. The van der Waals surface area contributed by atoms with Gasteiger partial charge < -0.3 is 10.6 Å². The summed E-state index contributed by atoms with van der Waals surface area (Å²) < 4.78 is 0.890. The Hall–Kier alpha value is -1.07. The first-order valence-electron chi connectivity index (χ1n) is 6.93. The molecule has 2 rings (SSSR count). The van der Waals surface area contributed by atoms with Crippen LogP contribution in [-0.2, 0) is 0 Å². The third-order valence-electron chi connectivity index (χ3n) is 3.83. The van der Waals surface area contributed by atoms with E-state index in [-0.39, 0.29) is 11.4 Å². The van der Waals surface area contributed by atoms with Gasteiger partial charge in [0.1, 0.15) is 5.84 Å². The van der Waals surface area contributed by atoms with Gasteiger partial charge >= 0.3 is 0 Å². The van der Waals surface area contributed by atoms with Crippen molar-refractivity contribution in [3.8, 4) is 0 Å². The van der Waals surface area contributed by atoms with Gasteiger partial charge in [-0.1, -0.05) is 6.07 Å². The number of amidine groups is 1. The van der Waals surface area contributed by atoms with Crippen molar-refractivity contribution in [3.05, 3.63) is 28.2 Å². The first-order chi connectivity index (χ1) is 9.30. The minimum absolute atomic E-state index is 0.116. The summed E-state index contributed by atoms with van der Waals surface area (Å²) in [6, 6.07) is 5.99. The van der Waals surface area contributed by atoms with Gasteiger partial charge in [0, 0.05) is 41.9 Å². The Morgan fingerprint density at radius 3 is 2.30 bits per heavy atom. The van der Waals surface area contributed by atoms with Crippen LogP contribution in [0.4, 0.5) is 5.69 Å². The van der Waals surface area contributed by atoms with Crippen LogP contribution < -0.4 is 10.6 Å². The maximum atomic E-state index is 7.79. The molecule has 4 nitrogen and oxygen atoms in total. The number of nitrogens with zero attached hydrogens (tertiary/aromatic N) is 2. The predicted molar refractivity (Wildman–Crippen MR) is 88.7 cm³/mol. The zero-order valence-electron chi connectivity index (χ0n) is 12.4. The molecule has 3 N–H and O–H groups in total. The maximum Gasteiger partial charge on any atom is 0.126 e. The summed E-state index contributed by atoms with van der Waals surface area (Å²) in [5.74, 6) is 0.116. The highest BCUT2D eigenvalue weighted by atomic mass is 79.9. The van der Waals surface area contributed by atoms with E-state index in [9.17, 15) is 0 Å². The predicted octanol–water partition coefficient (Wildman–Crippen LogP) is 2.65. The van der Waals surface area contributed by atoms with Crippen LogP contribution in [0, 0.1) is 5.41 Å². The lowest BCUT2D eigenvalue weighted by atomic mass is 10.0. The van der Waals surface area contributed by atoms with Crippen molar-refractivity contribution in [1.82, 2.24) is 4.90 Å². The fraction of sp³-hybridized carbons (Fsp3) is 0.533. The first kappa shape index (κ1) is 15.3. The fourth-order valence-corrected chi connectivity index (χ4v) is 3.23. The molecule has 5 heteroatoms. The number of piperazine rings is 1. The molecule has 0 atom stereocenters. The number of nitrogen functional groups attached to an aromatic ring is 1. The number of halogens is 1. The van der Waals surface area contributed by atoms with Crippen LogP contribution in [0.25, 0.3) is 0 Å². The summed E-state index contributed by atoms with van der Waals surface area (Å²) in [4.78, 5) is 4.82. The van der Waals surface area contributed by atoms with Crippen molar-refractivity contribution in [1.29, 1.82) is 5.41 Å². The van der Waals surface area contributed by atoms with E-state index in [1.165, 1.54) is 0 Å². The molecule has 1 aliphatic rings. The number of anilines is 1. The molecule has 0 amide bonds. The zero-order valence-corrected chi connectivity index (χ0v) is 14.0. The fourth-order valence-electron chi connectivity index (χ4n) is 2.66. The van der Waals surface area contributed by atoms with Gasteiger partial charge in [-0.3, -0.25) is 10.3 Å². The molecule has 0 aliphatic carbocycles. The minimum atomic E-state index is 0.116. The average molecular weight is 339 g/mol. The molecule has 20 heavy (non-hydrogen) atoms. The lowest BCUT2D eigenvalue weighted by molar-refractivity contribution is 0.128. The third kappa shape index (κ3) is 3.15. The van der Waals surface area contributed by atoms with Crippen LogP contribution in [0.2, 0.25) is 0 Å². The monoisotopic (exact) mass is 338 g/mol. The molecule has 1 heterocycles. The molecule has 0 bridgehead atoms. The molecular formula is C15H23BrN4. The number of nitrogens with one attached hydrogen (secondary N) is 1. The van der Waals surface area contributed by atoms with Crippen LogP contribution in [0.3, 0.4) is 0 Å². The molecule has 1 aromatic rings. The zero-order chi connectivity index (χ0) is 14.9. The minimum Gasteiger partial charge on any atom is -0.384 e. The Morgan fingerprint density at radius 2 is 1.80 bits per heavy atom. The summed E-state index contributed by atoms with van der Waals surface area (Å²) in [6.45, 7) is 10.8. The summed E-state index contributed by atoms with van der Waals surface area (Å²) in [7, 11) is 0. The SMILES string of the molecule is CC(C)(C)N1CCN(c2cccc(Br)c2C(=N)N)CC1. The molecule has 0 aromatic heterocycles. The van der Waals surface area contributed by atoms with E-state index in [4.69, 9.17) is 11.1 Å². The van der Waals surface area contributed by atoms with Gasteiger partial charge in [-0.25, -0.2) is 0 Å². The lowest BCUT2D eigenvalue weighted by Gasteiger charge is -2.43. The van der Waals surface area contributed by atoms with E-state index >= 15 is 0 Å².